The maximum atomic E-state index is 13.3. The lowest BCUT2D eigenvalue weighted by Crippen LogP contribution is -2.50. The summed E-state index contributed by atoms with van der Waals surface area (Å²) in [7, 11) is 0. The van der Waals surface area contributed by atoms with Crippen molar-refractivity contribution in [2.24, 2.45) is 0 Å². The molecule has 0 saturated carbocycles. The zero-order valence-electron chi connectivity index (χ0n) is 15.1. The zero-order valence-corrected chi connectivity index (χ0v) is 15.1. The highest BCUT2D eigenvalue weighted by Gasteiger charge is 2.30. The van der Waals surface area contributed by atoms with E-state index in [1.807, 2.05) is 23.1 Å². The summed E-state index contributed by atoms with van der Waals surface area (Å²) in [4.78, 5) is 15.3. The summed E-state index contributed by atoms with van der Waals surface area (Å²) < 4.78 is 5.80. The van der Waals surface area contributed by atoms with Gasteiger partial charge in [-0.2, -0.15) is 0 Å². The molecule has 1 saturated heterocycles. The van der Waals surface area contributed by atoms with Crippen LogP contribution in [-0.2, 0) is 29.0 Å². The van der Waals surface area contributed by atoms with Gasteiger partial charge in [-0.25, -0.2) is 0 Å². The van der Waals surface area contributed by atoms with Crippen LogP contribution in [0.2, 0.25) is 0 Å². The fraction of sp³-hybridized carbons (Fsp3) is 0.409. The Balaban J connectivity index is 1.49. The normalized spacial score (nSPS) is 22.0. The van der Waals surface area contributed by atoms with Crippen LogP contribution in [0.1, 0.15) is 29.5 Å². The smallest absolute Gasteiger partial charge is 0.240 e. The van der Waals surface area contributed by atoms with Crippen LogP contribution < -0.4 is 5.32 Å². The van der Waals surface area contributed by atoms with Gasteiger partial charge < -0.3 is 15.0 Å². The molecule has 2 aliphatic heterocycles. The number of hydrogen-bond acceptors (Lipinski definition) is 3. The third kappa shape index (κ3) is 3.97. The van der Waals surface area contributed by atoms with Gasteiger partial charge in [0.1, 0.15) is 0 Å². The second kappa shape index (κ2) is 8.02. The van der Waals surface area contributed by atoms with Crippen molar-refractivity contribution in [2.75, 3.05) is 13.2 Å². The van der Waals surface area contributed by atoms with E-state index in [-0.39, 0.29) is 18.1 Å². The molecule has 1 fully saturated rings. The van der Waals surface area contributed by atoms with Gasteiger partial charge in [0.15, 0.2) is 0 Å². The lowest BCUT2D eigenvalue weighted by atomic mass is 9.95. The molecular formula is C22H26N2O2. The molecular weight excluding hydrogens is 324 g/mol. The SMILES string of the molecule is O=C([C@@H]1Cc2ccccc2CN1)N(Cc1ccccc1)CC1CCCO1. The maximum Gasteiger partial charge on any atom is 0.240 e. The second-order valence-corrected chi connectivity index (χ2v) is 7.25. The number of nitrogens with zero attached hydrogens (tertiary/aromatic N) is 1. The van der Waals surface area contributed by atoms with Crippen molar-refractivity contribution in [1.82, 2.24) is 10.2 Å². The molecule has 1 unspecified atom stereocenters. The minimum Gasteiger partial charge on any atom is -0.376 e. The molecule has 2 aliphatic rings. The predicted molar refractivity (Wildman–Crippen MR) is 102 cm³/mol. The fourth-order valence-corrected chi connectivity index (χ4v) is 3.92. The molecule has 0 radical (unpaired) electrons. The molecule has 2 aromatic carbocycles. The quantitative estimate of drug-likeness (QED) is 0.901. The van der Waals surface area contributed by atoms with Crippen molar-refractivity contribution in [3.05, 3.63) is 71.3 Å². The monoisotopic (exact) mass is 350 g/mol. The minimum absolute atomic E-state index is 0.157. The number of rotatable bonds is 5. The molecule has 2 atom stereocenters. The molecule has 4 heteroatoms. The van der Waals surface area contributed by atoms with Gasteiger partial charge in [-0.3, -0.25) is 4.79 Å². The van der Waals surface area contributed by atoms with Crippen molar-refractivity contribution in [2.45, 2.75) is 44.5 Å². The Morgan fingerprint density at radius 3 is 2.62 bits per heavy atom. The molecule has 1 amide bonds. The number of amides is 1. The number of nitrogens with one attached hydrogen (secondary N) is 1. The highest BCUT2D eigenvalue weighted by atomic mass is 16.5. The van der Waals surface area contributed by atoms with Crippen molar-refractivity contribution in [3.8, 4) is 0 Å². The summed E-state index contributed by atoms with van der Waals surface area (Å²) in [5.41, 5.74) is 3.74. The van der Waals surface area contributed by atoms with Crippen LogP contribution >= 0.6 is 0 Å². The van der Waals surface area contributed by atoms with Crippen LogP contribution in [0.4, 0.5) is 0 Å². The first-order valence-corrected chi connectivity index (χ1v) is 9.54. The Labute approximate surface area is 155 Å². The van der Waals surface area contributed by atoms with Crippen molar-refractivity contribution >= 4 is 5.91 Å². The van der Waals surface area contributed by atoms with E-state index in [0.717, 1.165) is 38.0 Å². The van der Waals surface area contributed by atoms with Crippen LogP contribution in [0.25, 0.3) is 0 Å². The van der Waals surface area contributed by atoms with Gasteiger partial charge in [-0.1, -0.05) is 54.6 Å². The Hall–Kier alpha value is -2.17. The van der Waals surface area contributed by atoms with Crippen LogP contribution in [0.15, 0.2) is 54.6 Å². The van der Waals surface area contributed by atoms with Gasteiger partial charge in [-0.15, -0.1) is 0 Å². The van der Waals surface area contributed by atoms with Gasteiger partial charge in [0, 0.05) is 26.2 Å². The molecule has 1 N–H and O–H groups in total. The predicted octanol–water partition coefficient (Wildman–Crippen LogP) is 2.91. The van der Waals surface area contributed by atoms with E-state index in [0.29, 0.717) is 13.1 Å². The Morgan fingerprint density at radius 1 is 1.08 bits per heavy atom. The standard InChI is InChI=1S/C22H26N2O2/c25-22(21-13-18-9-4-5-10-19(18)14-23-21)24(16-20-11-6-12-26-20)15-17-7-2-1-3-8-17/h1-5,7-10,20-21,23H,6,11-16H2/t20?,21-/m0/s1. The first kappa shape index (κ1) is 17.3. The van der Waals surface area contributed by atoms with E-state index in [2.05, 4.69) is 41.7 Å². The van der Waals surface area contributed by atoms with Crippen molar-refractivity contribution in [1.29, 1.82) is 0 Å². The highest BCUT2D eigenvalue weighted by Crippen LogP contribution is 2.20. The second-order valence-electron chi connectivity index (χ2n) is 7.25. The lowest BCUT2D eigenvalue weighted by Gasteiger charge is -2.32. The van der Waals surface area contributed by atoms with Crippen LogP contribution in [0.3, 0.4) is 0 Å². The maximum absolute atomic E-state index is 13.3. The van der Waals surface area contributed by atoms with E-state index in [1.165, 1.54) is 11.1 Å². The molecule has 0 spiro atoms. The number of benzene rings is 2. The summed E-state index contributed by atoms with van der Waals surface area (Å²) in [5.74, 6) is 0.179. The average molecular weight is 350 g/mol. The molecule has 2 heterocycles. The van der Waals surface area contributed by atoms with E-state index in [9.17, 15) is 4.79 Å². The molecule has 4 rings (SSSR count). The molecule has 0 bridgehead atoms. The molecule has 4 nitrogen and oxygen atoms in total. The number of hydrogen-bond donors (Lipinski definition) is 1. The first-order chi connectivity index (χ1) is 12.8. The van der Waals surface area contributed by atoms with E-state index >= 15 is 0 Å². The number of carbonyl (C=O) groups is 1. The third-order valence-corrected chi connectivity index (χ3v) is 5.36. The van der Waals surface area contributed by atoms with Gasteiger partial charge in [-0.05, 0) is 36.0 Å². The molecule has 136 valence electrons. The molecule has 26 heavy (non-hydrogen) atoms. The summed E-state index contributed by atoms with van der Waals surface area (Å²) in [5, 5.41) is 3.43. The summed E-state index contributed by atoms with van der Waals surface area (Å²) in [6, 6.07) is 18.5. The molecule has 2 aromatic rings. The van der Waals surface area contributed by atoms with Gasteiger partial charge in [0.2, 0.25) is 5.91 Å². The number of fused-ring (bicyclic) bond motifs is 1. The molecule has 0 aromatic heterocycles. The van der Waals surface area contributed by atoms with E-state index < -0.39 is 0 Å². The van der Waals surface area contributed by atoms with Crippen molar-refractivity contribution < 1.29 is 9.53 Å². The van der Waals surface area contributed by atoms with Crippen LogP contribution in [-0.4, -0.2) is 36.1 Å². The fourth-order valence-electron chi connectivity index (χ4n) is 3.92. The zero-order chi connectivity index (χ0) is 17.8. The number of carbonyl (C=O) groups excluding carboxylic acids is 1. The van der Waals surface area contributed by atoms with E-state index in [1.54, 1.807) is 0 Å². The van der Waals surface area contributed by atoms with Gasteiger partial charge >= 0.3 is 0 Å². The van der Waals surface area contributed by atoms with E-state index in [4.69, 9.17) is 4.74 Å². The first-order valence-electron chi connectivity index (χ1n) is 9.54. The Bertz CT molecular complexity index is 741. The van der Waals surface area contributed by atoms with Gasteiger partial charge in [0.25, 0.3) is 0 Å². The number of ether oxygens (including phenoxy) is 1. The Morgan fingerprint density at radius 2 is 1.85 bits per heavy atom. The Kier molecular flexibility index (Phi) is 5.32. The average Bonchev–Trinajstić information content (AvgIpc) is 3.20. The molecule has 0 aliphatic carbocycles. The summed E-state index contributed by atoms with van der Waals surface area (Å²) in [6.07, 6.45) is 3.05. The summed E-state index contributed by atoms with van der Waals surface area (Å²) in [6.45, 7) is 2.88. The van der Waals surface area contributed by atoms with Crippen molar-refractivity contribution in [3.63, 3.8) is 0 Å². The third-order valence-electron chi connectivity index (χ3n) is 5.36. The van der Waals surface area contributed by atoms with Gasteiger partial charge in [0.05, 0.1) is 12.1 Å². The van der Waals surface area contributed by atoms with Crippen LogP contribution in [0.5, 0.6) is 0 Å². The lowest BCUT2D eigenvalue weighted by molar-refractivity contribution is -0.136. The van der Waals surface area contributed by atoms with Crippen LogP contribution in [0, 0.1) is 0 Å². The highest BCUT2D eigenvalue weighted by molar-refractivity contribution is 5.82. The largest absolute Gasteiger partial charge is 0.376 e. The summed E-state index contributed by atoms with van der Waals surface area (Å²) >= 11 is 0. The minimum atomic E-state index is -0.157. The topological polar surface area (TPSA) is 41.6 Å².